The monoisotopic (exact) mass is 273 g/mol. The highest BCUT2D eigenvalue weighted by Crippen LogP contribution is 2.71. The van der Waals surface area contributed by atoms with Crippen LogP contribution < -0.4 is 5.73 Å². The molecule has 2 bridgehead atoms. The normalized spacial score (nSPS) is 47.2. The van der Waals surface area contributed by atoms with Crippen molar-refractivity contribution in [2.45, 2.75) is 38.4 Å². The maximum absolute atomic E-state index is 12.2. The Labute approximate surface area is 97.9 Å². The molecule has 15 heavy (non-hydrogen) atoms. The Morgan fingerprint density at radius 1 is 1.40 bits per heavy atom. The number of fused-ring (bicyclic) bond motifs is 2. The highest BCUT2D eigenvalue weighted by Gasteiger charge is 2.76. The lowest BCUT2D eigenvalue weighted by atomic mass is 9.65. The van der Waals surface area contributed by atoms with E-state index in [1.165, 1.54) is 0 Å². The number of hydrogen-bond donors (Lipinski definition) is 1. The van der Waals surface area contributed by atoms with Gasteiger partial charge in [-0.1, -0.05) is 36.7 Å². The molecule has 84 valence electrons. The van der Waals surface area contributed by atoms with Crippen molar-refractivity contribution < 1.29 is 9.59 Å². The molecule has 0 aromatic carbocycles. The van der Waals surface area contributed by atoms with Crippen molar-refractivity contribution in [1.29, 1.82) is 0 Å². The molecule has 3 nitrogen and oxygen atoms in total. The summed E-state index contributed by atoms with van der Waals surface area (Å²) >= 11 is 3.38. The quantitative estimate of drug-likeness (QED) is 0.739. The lowest BCUT2D eigenvalue weighted by Gasteiger charge is -2.38. The lowest BCUT2D eigenvalue weighted by molar-refractivity contribution is -0.132. The van der Waals surface area contributed by atoms with Gasteiger partial charge in [-0.3, -0.25) is 9.59 Å². The van der Waals surface area contributed by atoms with Crippen LogP contribution in [0.3, 0.4) is 0 Å². The summed E-state index contributed by atoms with van der Waals surface area (Å²) in [6.07, 6.45) is 1.48. The van der Waals surface area contributed by atoms with E-state index in [4.69, 9.17) is 5.73 Å². The van der Waals surface area contributed by atoms with Gasteiger partial charge in [-0.05, 0) is 18.3 Å². The summed E-state index contributed by atoms with van der Waals surface area (Å²) in [5.41, 5.74) is 4.08. The molecule has 2 N–H and O–H groups in total. The van der Waals surface area contributed by atoms with Crippen LogP contribution in [-0.2, 0) is 9.59 Å². The maximum atomic E-state index is 12.2. The number of primary amides is 1. The molecule has 0 radical (unpaired) electrons. The Hall–Kier alpha value is -0.380. The molecule has 0 aromatic rings. The van der Waals surface area contributed by atoms with Crippen LogP contribution >= 0.6 is 15.9 Å². The average molecular weight is 274 g/mol. The summed E-state index contributed by atoms with van der Waals surface area (Å²) in [5, 5.41) is 0. The SMILES string of the molecule is CC1(C)[C@]2(C)CC[C@@]1(C(N)=O)[C@@H](Br)C2=O. The molecule has 0 unspecified atom stereocenters. The van der Waals surface area contributed by atoms with Crippen LogP contribution in [0.25, 0.3) is 0 Å². The fourth-order valence-corrected chi connectivity index (χ4v) is 5.03. The van der Waals surface area contributed by atoms with Gasteiger partial charge in [0.2, 0.25) is 5.91 Å². The molecule has 2 aliphatic carbocycles. The van der Waals surface area contributed by atoms with Crippen molar-refractivity contribution in [1.82, 2.24) is 0 Å². The number of halogens is 1. The minimum Gasteiger partial charge on any atom is -0.369 e. The van der Waals surface area contributed by atoms with Crippen LogP contribution in [0.5, 0.6) is 0 Å². The first-order valence-corrected chi connectivity index (χ1v) is 6.12. The summed E-state index contributed by atoms with van der Waals surface area (Å²) in [4.78, 5) is 23.5. The molecule has 0 heterocycles. The van der Waals surface area contributed by atoms with Crippen LogP contribution in [0.15, 0.2) is 0 Å². The van der Waals surface area contributed by atoms with Crippen LogP contribution in [0, 0.1) is 16.2 Å². The topological polar surface area (TPSA) is 60.2 Å². The average Bonchev–Trinajstić information content (AvgIpc) is 2.39. The second kappa shape index (κ2) is 2.65. The molecule has 0 saturated heterocycles. The predicted octanol–water partition coefficient (Wildman–Crippen LogP) is 1.63. The van der Waals surface area contributed by atoms with E-state index in [-0.39, 0.29) is 17.1 Å². The molecule has 4 heteroatoms. The van der Waals surface area contributed by atoms with Gasteiger partial charge in [0, 0.05) is 5.41 Å². The van der Waals surface area contributed by atoms with E-state index in [0.29, 0.717) is 6.42 Å². The summed E-state index contributed by atoms with van der Waals surface area (Å²) in [5.74, 6) is -0.207. The van der Waals surface area contributed by atoms with Gasteiger partial charge >= 0.3 is 0 Å². The Balaban J connectivity index is 2.68. The molecule has 2 rings (SSSR count). The van der Waals surface area contributed by atoms with Gasteiger partial charge in [0.1, 0.15) is 0 Å². The van der Waals surface area contributed by atoms with Crippen molar-refractivity contribution in [3.63, 3.8) is 0 Å². The van der Waals surface area contributed by atoms with Gasteiger partial charge in [-0.2, -0.15) is 0 Å². The zero-order chi connectivity index (χ0) is 11.6. The Morgan fingerprint density at radius 3 is 2.20 bits per heavy atom. The minimum absolute atomic E-state index is 0.137. The first-order valence-electron chi connectivity index (χ1n) is 5.20. The number of Topliss-reactive ketones (excluding diaryl/α,β-unsaturated/α-hetero) is 1. The third-order valence-electron chi connectivity index (χ3n) is 5.16. The van der Waals surface area contributed by atoms with E-state index < -0.39 is 15.7 Å². The van der Waals surface area contributed by atoms with Crippen LogP contribution in [0.2, 0.25) is 0 Å². The zero-order valence-electron chi connectivity index (χ0n) is 9.26. The van der Waals surface area contributed by atoms with E-state index in [1.807, 2.05) is 20.8 Å². The highest BCUT2D eigenvalue weighted by atomic mass is 79.9. The van der Waals surface area contributed by atoms with Crippen molar-refractivity contribution in [2.24, 2.45) is 22.0 Å². The van der Waals surface area contributed by atoms with Crippen LogP contribution in [0.1, 0.15) is 33.6 Å². The van der Waals surface area contributed by atoms with E-state index in [2.05, 4.69) is 15.9 Å². The van der Waals surface area contributed by atoms with Gasteiger partial charge in [0.25, 0.3) is 0 Å². The van der Waals surface area contributed by atoms with Crippen molar-refractivity contribution in [3.05, 3.63) is 0 Å². The highest BCUT2D eigenvalue weighted by molar-refractivity contribution is 9.10. The minimum atomic E-state index is -0.696. The predicted molar refractivity (Wildman–Crippen MR) is 60.5 cm³/mol. The zero-order valence-corrected chi connectivity index (χ0v) is 10.8. The molecular formula is C11H16BrNO2. The number of ketones is 1. The molecule has 2 fully saturated rings. The standard InChI is InChI=1S/C11H16BrNO2/c1-9(2)10(3)4-5-11(9,8(13)15)6(12)7(10)14/h6H,4-5H2,1-3H3,(H2,13,15)/t6-,10+,11-/m0/s1. The summed E-state index contributed by atoms with van der Waals surface area (Å²) in [6.45, 7) is 5.94. The lowest BCUT2D eigenvalue weighted by Crippen LogP contribution is -2.48. The van der Waals surface area contributed by atoms with E-state index in [9.17, 15) is 9.59 Å². The molecule has 1 amide bonds. The second-order valence-corrected chi connectivity index (χ2v) is 6.44. The molecule has 2 aliphatic rings. The molecule has 0 spiro atoms. The Bertz CT molecular complexity index is 366. The number of amides is 1. The smallest absolute Gasteiger partial charge is 0.225 e. The van der Waals surface area contributed by atoms with E-state index in [1.54, 1.807) is 0 Å². The van der Waals surface area contributed by atoms with Gasteiger partial charge in [-0.15, -0.1) is 0 Å². The summed E-state index contributed by atoms with van der Waals surface area (Å²) in [6, 6.07) is 0. The van der Waals surface area contributed by atoms with Crippen molar-refractivity contribution in [2.75, 3.05) is 0 Å². The Kier molecular flexibility index (Phi) is 1.96. The molecular weight excluding hydrogens is 258 g/mol. The first kappa shape index (κ1) is 11.1. The molecule has 0 aromatic heterocycles. The Morgan fingerprint density at radius 2 is 1.93 bits per heavy atom. The van der Waals surface area contributed by atoms with Crippen LogP contribution in [-0.4, -0.2) is 16.5 Å². The largest absolute Gasteiger partial charge is 0.369 e. The number of rotatable bonds is 1. The number of nitrogens with two attached hydrogens (primary N) is 1. The molecule has 2 saturated carbocycles. The summed E-state index contributed by atoms with van der Waals surface area (Å²) in [7, 11) is 0. The molecule has 0 aliphatic heterocycles. The maximum Gasteiger partial charge on any atom is 0.225 e. The van der Waals surface area contributed by atoms with Gasteiger partial charge in [-0.25, -0.2) is 0 Å². The third-order valence-corrected chi connectivity index (χ3v) is 6.36. The summed E-state index contributed by atoms with van der Waals surface area (Å²) < 4.78 is 0. The number of carbonyl (C=O) groups excluding carboxylic acids is 2. The fraction of sp³-hybridized carbons (Fsp3) is 0.818. The van der Waals surface area contributed by atoms with Crippen molar-refractivity contribution >= 4 is 27.6 Å². The number of alkyl halides is 1. The van der Waals surface area contributed by atoms with Gasteiger partial charge in [0.05, 0.1) is 10.2 Å². The fourth-order valence-electron chi connectivity index (χ4n) is 3.50. The van der Waals surface area contributed by atoms with Crippen molar-refractivity contribution in [3.8, 4) is 0 Å². The van der Waals surface area contributed by atoms with Gasteiger partial charge < -0.3 is 5.73 Å². The second-order valence-electron chi connectivity index (χ2n) is 5.52. The first-order chi connectivity index (χ1) is 6.72. The van der Waals surface area contributed by atoms with E-state index >= 15 is 0 Å². The van der Waals surface area contributed by atoms with Crippen LogP contribution in [0.4, 0.5) is 0 Å². The number of hydrogen-bond acceptors (Lipinski definition) is 2. The molecule has 3 atom stereocenters. The van der Waals surface area contributed by atoms with Gasteiger partial charge in [0.15, 0.2) is 5.78 Å². The third kappa shape index (κ3) is 0.846. The van der Waals surface area contributed by atoms with E-state index in [0.717, 1.165) is 6.42 Å². The number of carbonyl (C=O) groups is 2.